The lowest BCUT2D eigenvalue weighted by Crippen LogP contribution is -2.35. The highest BCUT2D eigenvalue weighted by molar-refractivity contribution is 4.96. The minimum atomic E-state index is 0.839. The van der Waals surface area contributed by atoms with E-state index >= 15 is 0 Å². The lowest BCUT2D eigenvalue weighted by Gasteiger charge is -2.31. The van der Waals surface area contributed by atoms with Crippen LogP contribution in [0.15, 0.2) is 12.3 Å². The first-order valence-electron chi connectivity index (χ1n) is 7.25. The Kier molecular flexibility index (Phi) is 5.68. The van der Waals surface area contributed by atoms with Gasteiger partial charge in [0.2, 0.25) is 0 Å². The zero-order valence-corrected chi connectivity index (χ0v) is 11.5. The van der Waals surface area contributed by atoms with E-state index in [-0.39, 0.29) is 0 Å². The first-order chi connectivity index (χ1) is 8.86. The Morgan fingerprint density at radius 3 is 2.94 bits per heavy atom. The fraction of sp³-hybridized carbons (Fsp3) is 0.786. The first kappa shape index (κ1) is 13.6. The second-order valence-electron chi connectivity index (χ2n) is 5.38. The fourth-order valence-electron chi connectivity index (χ4n) is 2.76. The van der Waals surface area contributed by atoms with Crippen LogP contribution in [0.4, 0.5) is 0 Å². The Balaban J connectivity index is 1.52. The molecule has 4 nitrogen and oxygen atoms in total. The van der Waals surface area contributed by atoms with Crippen molar-refractivity contribution >= 4 is 0 Å². The van der Waals surface area contributed by atoms with E-state index in [1.165, 1.54) is 45.1 Å². The molecule has 2 N–H and O–H groups in total. The van der Waals surface area contributed by atoms with Gasteiger partial charge in [-0.25, -0.2) is 0 Å². The predicted molar refractivity (Wildman–Crippen MR) is 74.4 cm³/mol. The molecule has 0 aromatic carbocycles. The van der Waals surface area contributed by atoms with Gasteiger partial charge in [-0.3, -0.25) is 5.10 Å². The van der Waals surface area contributed by atoms with E-state index in [9.17, 15) is 0 Å². The Hall–Kier alpha value is -0.870. The van der Waals surface area contributed by atoms with Gasteiger partial charge in [0.15, 0.2) is 0 Å². The normalized spacial score (nSPS) is 17.4. The molecular formula is C14H26N4. The zero-order chi connectivity index (χ0) is 12.6. The molecule has 0 atom stereocenters. The van der Waals surface area contributed by atoms with Crippen LogP contribution in [0.25, 0.3) is 0 Å². The Bertz CT molecular complexity index is 304. The maximum absolute atomic E-state index is 3.94. The Labute approximate surface area is 110 Å². The number of aromatic nitrogens is 2. The van der Waals surface area contributed by atoms with Crippen LogP contribution in [0.3, 0.4) is 0 Å². The highest BCUT2D eigenvalue weighted by Gasteiger charge is 2.16. The molecule has 1 aliphatic rings. The number of nitrogens with zero attached hydrogens (tertiary/aromatic N) is 2. The van der Waals surface area contributed by atoms with Gasteiger partial charge in [0.05, 0.1) is 0 Å². The Morgan fingerprint density at radius 1 is 1.39 bits per heavy atom. The summed E-state index contributed by atoms with van der Waals surface area (Å²) in [6.45, 7) is 3.18. The van der Waals surface area contributed by atoms with Crippen LogP contribution in [0.5, 0.6) is 0 Å². The second kappa shape index (κ2) is 7.54. The quantitative estimate of drug-likeness (QED) is 0.729. The summed E-state index contributed by atoms with van der Waals surface area (Å²) in [5, 5.41) is 10.4. The molecule has 18 heavy (non-hydrogen) atoms. The third kappa shape index (κ3) is 4.42. The van der Waals surface area contributed by atoms with E-state index < -0.39 is 0 Å². The average molecular weight is 250 g/mol. The number of hydrogen-bond acceptors (Lipinski definition) is 3. The molecule has 0 aliphatic heterocycles. The smallest absolute Gasteiger partial charge is 0.0490 e. The zero-order valence-electron chi connectivity index (χ0n) is 11.5. The van der Waals surface area contributed by atoms with E-state index in [0.717, 1.165) is 24.8 Å². The van der Waals surface area contributed by atoms with E-state index in [1.54, 1.807) is 6.20 Å². The predicted octanol–water partition coefficient (Wildman–Crippen LogP) is 2.15. The molecular weight excluding hydrogens is 224 g/mol. The van der Waals surface area contributed by atoms with E-state index in [0.29, 0.717) is 0 Å². The van der Waals surface area contributed by atoms with Crippen molar-refractivity contribution in [2.75, 3.05) is 20.1 Å². The number of H-pyrrole nitrogens is 1. The maximum atomic E-state index is 3.94. The fourth-order valence-corrected chi connectivity index (χ4v) is 2.76. The molecule has 0 unspecified atom stereocenters. The van der Waals surface area contributed by atoms with Crippen LogP contribution >= 0.6 is 0 Å². The third-order valence-corrected chi connectivity index (χ3v) is 3.94. The lowest BCUT2D eigenvalue weighted by atomic mass is 9.94. The summed E-state index contributed by atoms with van der Waals surface area (Å²) in [5.41, 5.74) is 1.16. The maximum Gasteiger partial charge on any atom is 0.0490 e. The van der Waals surface area contributed by atoms with Crippen LogP contribution in [-0.4, -0.2) is 41.3 Å². The molecule has 1 heterocycles. The number of nitrogens with one attached hydrogen (secondary N) is 2. The summed E-state index contributed by atoms with van der Waals surface area (Å²) in [5.74, 6) is 0. The molecule has 1 saturated carbocycles. The standard InChI is InChI=1S/C14H26N4/c1-18(14-6-3-2-4-7-14)11-5-9-15-12-13-8-10-16-17-13/h8,10,14-15H,2-7,9,11-12H2,1H3,(H,16,17). The van der Waals surface area contributed by atoms with Crippen LogP contribution in [0.2, 0.25) is 0 Å². The van der Waals surface area contributed by atoms with Crippen molar-refractivity contribution in [1.29, 1.82) is 0 Å². The number of hydrogen-bond donors (Lipinski definition) is 2. The molecule has 1 aliphatic carbocycles. The molecule has 0 amide bonds. The molecule has 1 fully saturated rings. The van der Waals surface area contributed by atoms with Gasteiger partial charge < -0.3 is 10.2 Å². The number of rotatable bonds is 7. The SMILES string of the molecule is CN(CCCNCc1ccn[nH]1)C1CCCCC1. The monoisotopic (exact) mass is 250 g/mol. The molecule has 0 spiro atoms. The van der Waals surface area contributed by atoms with E-state index in [1.807, 2.05) is 6.07 Å². The summed E-state index contributed by atoms with van der Waals surface area (Å²) < 4.78 is 0. The van der Waals surface area contributed by atoms with Crippen LogP contribution in [-0.2, 0) is 6.54 Å². The van der Waals surface area contributed by atoms with Crippen LogP contribution < -0.4 is 5.32 Å². The van der Waals surface area contributed by atoms with Crippen LogP contribution in [0.1, 0.15) is 44.2 Å². The molecule has 1 aromatic heterocycles. The topological polar surface area (TPSA) is 44.0 Å². The van der Waals surface area contributed by atoms with Gasteiger partial charge in [0, 0.05) is 24.5 Å². The van der Waals surface area contributed by atoms with E-state index in [4.69, 9.17) is 0 Å². The van der Waals surface area contributed by atoms with Crippen molar-refractivity contribution in [1.82, 2.24) is 20.4 Å². The lowest BCUT2D eigenvalue weighted by molar-refractivity contribution is 0.189. The van der Waals surface area contributed by atoms with Crippen molar-refractivity contribution in [3.63, 3.8) is 0 Å². The summed E-state index contributed by atoms with van der Waals surface area (Å²) in [4.78, 5) is 2.55. The molecule has 102 valence electrons. The highest BCUT2D eigenvalue weighted by atomic mass is 15.1. The van der Waals surface area contributed by atoms with Crippen molar-refractivity contribution in [2.45, 2.75) is 51.1 Å². The van der Waals surface area contributed by atoms with Gasteiger partial charge in [-0.15, -0.1) is 0 Å². The van der Waals surface area contributed by atoms with Gasteiger partial charge >= 0.3 is 0 Å². The van der Waals surface area contributed by atoms with Crippen molar-refractivity contribution < 1.29 is 0 Å². The molecule has 0 saturated heterocycles. The van der Waals surface area contributed by atoms with Gasteiger partial charge in [0.1, 0.15) is 0 Å². The first-order valence-corrected chi connectivity index (χ1v) is 7.25. The second-order valence-corrected chi connectivity index (χ2v) is 5.38. The summed E-state index contributed by atoms with van der Waals surface area (Å²) in [7, 11) is 2.28. The van der Waals surface area contributed by atoms with Gasteiger partial charge in [-0.05, 0) is 45.5 Å². The molecule has 0 bridgehead atoms. The van der Waals surface area contributed by atoms with Crippen LogP contribution in [0, 0.1) is 0 Å². The average Bonchev–Trinajstić information content (AvgIpc) is 2.92. The minimum Gasteiger partial charge on any atom is -0.311 e. The third-order valence-electron chi connectivity index (χ3n) is 3.94. The van der Waals surface area contributed by atoms with Crippen molar-refractivity contribution in [3.05, 3.63) is 18.0 Å². The Morgan fingerprint density at radius 2 is 2.22 bits per heavy atom. The van der Waals surface area contributed by atoms with Crippen molar-refractivity contribution in [2.24, 2.45) is 0 Å². The van der Waals surface area contributed by atoms with Gasteiger partial charge in [0.25, 0.3) is 0 Å². The largest absolute Gasteiger partial charge is 0.311 e. The summed E-state index contributed by atoms with van der Waals surface area (Å²) in [6, 6.07) is 2.85. The summed E-state index contributed by atoms with van der Waals surface area (Å²) in [6.07, 6.45) is 10.1. The van der Waals surface area contributed by atoms with E-state index in [2.05, 4.69) is 27.5 Å². The summed E-state index contributed by atoms with van der Waals surface area (Å²) >= 11 is 0. The molecule has 1 aromatic rings. The molecule has 4 heteroatoms. The highest BCUT2D eigenvalue weighted by Crippen LogP contribution is 2.21. The minimum absolute atomic E-state index is 0.839. The molecule has 0 radical (unpaired) electrons. The van der Waals surface area contributed by atoms with Crippen molar-refractivity contribution in [3.8, 4) is 0 Å². The molecule has 2 rings (SSSR count). The van der Waals surface area contributed by atoms with Gasteiger partial charge in [-0.2, -0.15) is 5.10 Å². The number of aromatic amines is 1. The van der Waals surface area contributed by atoms with Gasteiger partial charge in [-0.1, -0.05) is 19.3 Å².